The summed E-state index contributed by atoms with van der Waals surface area (Å²) >= 11 is 0. The number of benzene rings is 2. The number of anilines is 1. The standard InChI is InChI=1S/C19H20FNO4S/c1-12-7-15(5-6-18(12)20)21-19(23)14-3-2-4-17(10-14)26(24,25)11-13-8-16(22)9-13/h2-7,10,13,16,22H,8-9,11H2,1H3,(H,21,23). The highest BCUT2D eigenvalue weighted by atomic mass is 32.2. The van der Waals surface area contributed by atoms with Crippen molar-refractivity contribution in [3.8, 4) is 0 Å². The number of aliphatic hydroxyl groups is 1. The van der Waals surface area contributed by atoms with Crippen LogP contribution in [-0.2, 0) is 9.84 Å². The molecule has 5 nitrogen and oxygen atoms in total. The van der Waals surface area contributed by atoms with Gasteiger partial charge < -0.3 is 10.4 Å². The molecule has 0 atom stereocenters. The van der Waals surface area contributed by atoms with Crippen LogP contribution in [-0.4, -0.2) is 31.3 Å². The van der Waals surface area contributed by atoms with Crippen LogP contribution in [0.3, 0.4) is 0 Å². The first-order valence-corrected chi connectivity index (χ1v) is 9.98. The van der Waals surface area contributed by atoms with Crippen LogP contribution in [0.4, 0.5) is 10.1 Å². The van der Waals surface area contributed by atoms with Crippen molar-refractivity contribution in [2.75, 3.05) is 11.1 Å². The van der Waals surface area contributed by atoms with Crippen molar-refractivity contribution < 1.29 is 22.7 Å². The van der Waals surface area contributed by atoms with Gasteiger partial charge in [0.15, 0.2) is 9.84 Å². The van der Waals surface area contributed by atoms with Gasteiger partial charge in [-0.25, -0.2) is 12.8 Å². The molecule has 26 heavy (non-hydrogen) atoms. The quantitative estimate of drug-likeness (QED) is 0.839. The maximum absolute atomic E-state index is 13.3. The Morgan fingerprint density at radius 2 is 1.96 bits per heavy atom. The van der Waals surface area contributed by atoms with Crippen LogP contribution in [0.1, 0.15) is 28.8 Å². The summed E-state index contributed by atoms with van der Waals surface area (Å²) in [5.74, 6) is -0.911. The number of halogens is 1. The van der Waals surface area contributed by atoms with Gasteiger partial charge in [-0.1, -0.05) is 6.07 Å². The van der Waals surface area contributed by atoms with Crippen molar-refractivity contribution in [2.24, 2.45) is 5.92 Å². The number of aryl methyl sites for hydroxylation is 1. The van der Waals surface area contributed by atoms with Crippen molar-refractivity contribution in [3.63, 3.8) is 0 Å². The summed E-state index contributed by atoms with van der Waals surface area (Å²) < 4.78 is 38.3. The highest BCUT2D eigenvalue weighted by Crippen LogP contribution is 2.30. The molecule has 0 aromatic heterocycles. The summed E-state index contributed by atoms with van der Waals surface area (Å²) in [5.41, 5.74) is 1.05. The number of carbonyl (C=O) groups excluding carboxylic acids is 1. The number of hydrogen-bond acceptors (Lipinski definition) is 4. The third-order valence-electron chi connectivity index (χ3n) is 4.54. The molecule has 1 aliphatic rings. The maximum Gasteiger partial charge on any atom is 0.255 e. The molecule has 0 spiro atoms. The van der Waals surface area contributed by atoms with E-state index in [1.165, 1.54) is 42.5 Å². The first-order valence-electron chi connectivity index (χ1n) is 8.33. The van der Waals surface area contributed by atoms with E-state index in [9.17, 15) is 22.7 Å². The first kappa shape index (κ1) is 18.5. The van der Waals surface area contributed by atoms with Gasteiger partial charge in [-0.2, -0.15) is 0 Å². The Labute approximate surface area is 151 Å². The Bertz CT molecular complexity index is 936. The summed E-state index contributed by atoms with van der Waals surface area (Å²) in [5, 5.41) is 11.9. The van der Waals surface area contributed by atoms with Gasteiger partial charge >= 0.3 is 0 Å². The van der Waals surface area contributed by atoms with Crippen LogP contribution in [0.5, 0.6) is 0 Å². The minimum Gasteiger partial charge on any atom is -0.393 e. The topological polar surface area (TPSA) is 83.5 Å². The molecule has 0 unspecified atom stereocenters. The van der Waals surface area contributed by atoms with Gasteiger partial charge in [-0.05, 0) is 67.6 Å². The second kappa shape index (κ2) is 7.17. The van der Waals surface area contributed by atoms with Gasteiger partial charge in [0.1, 0.15) is 5.82 Å². The molecule has 0 saturated heterocycles. The molecule has 1 fully saturated rings. The number of sulfone groups is 1. The van der Waals surface area contributed by atoms with Gasteiger partial charge in [-0.15, -0.1) is 0 Å². The van der Waals surface area contributed by atoms with Crippen molar-refractivity contribution in [3.05, 3.63) is 59.4 Å². The zero-order valence-electron chi connectivity index (χ0n) is 14.3. The second-order valence-corrected chi connectivity index (χ2v) is 8.75. The molecule has 1 saturated carbocycles. The molecule has 2 aromatic carbocycles. The summed E-state index contributed by atoms with van der Waals surface area (Å²) in [6, 6.07) is 10.1. The third kappa shape index (κ3) is 4.11. The Morgan fingerprint density at radius 3 is 2.62 bits per heavy atom. The fourth-order valence-corrected chi connectivity index (χ4v) is 4.68. The molecule has 138 valence electrons. The Balaban J connectivity index is 1.75. The maximum atomic E-state index is 13.3. The molecule has 7 heteroatoms. The van der Waals surface area contributed by atoms with Crippen molar-refractivity contribution >= 4 is 21.4 Å². The SMILES string of the molecule is Cc1cc(NC(=O)c2cccc(S(=O)(=O)CC3CC(O)C3)c2)ccc1F. The molecular weight excluding hydrogens is 357 g/mol. The monoisotopic (exact) mass is 377 g/mol. The predicted molar refractivity (Wildman–Crippen MR) is 96.3 cm³/mol. The summed E-state index contributed by atoms with van der Waals surface area (Å²) in [4.78, 5) is 12.5. The number of nitrogens with one attached hydrogen (secondary N) is 1. The molecule has 2 N–H and O–H groups in total. The highest BCUT2D eigenvalue weighted by Gasteiger charge is 2.32. The lowest BCUT2D eigenvalue weighted by atomic mass is 9.84. The van der Waals surface area contributed by atoms with Crippen LogP contribution in [0.15, 0.2) is 47.4 Å². The van der Waals surface area contributed by atoms with E-state index >= 15 is 0 Å². The number of amides is 1. The van der Waals surface area contributed by atoms with E-state index in [4.69, 9.17) is 0 Å². The lowest BCUT2D eigenvalue weighted by Crippen LogP contribution is -2.33. The van der Waals surface area contributed by atoms with Gasteiger partial charge in [0.25, 0.3) is 5.91 Å². The van der Waals surface area contributed by atoms with E-state index < -0.39 is 21.8 Å². The molecule has 0 heterocycles. The number of aliphatic hydroxyl groups excluding tert-OH is 1. The van der Waals surface area contributed by atoms with Gasteiger partial charge in [-0.3, -0.25) is 4.79 Å². The zero-order valence-corrected chi connectivity index (χ0v) is 15.1. The molecular formula is C19H20FNO4S. The van der Waals surface area contributed by atoms with Gasteiger partial charge in [0.2, 0.25) is 0 Å². The largest absolute Gasteiger partial charge is 0.393 e. The summed E-state index contributed by atoms with van der Waals surface area (Å²) in [7, 11) is -3.53. The van der Waals surface area contributed by atoms with Crippen LogP contribution >= 0.6 is 0 Å². The minimum atomic E-state index is -3.53. The molecule has 1 amide bonds. The molecule has 1 aliphatic carbocycles. The fourth-order valence-electron chi connectivity index (χ4n) is 3.00. The Hall–Kier alpha value is -2.25. The Kier molecular flexibility index (Phi) is 5.11. The second-order valence-electron chi connectivity index (χ2n) is 6.72. The summed E-state index contributed by atoms with van der Waals surface area (Å²) in [6.07, 6.45) is 0.568. The van der Waals surface area contributed by atoms with Crippen LogP contribution in [0.2, 0.25) is 0 Å². The average Bonchev–Trinajstić information content (AvgIpc) is 2.57. The van der Waals surface area contributed by atoms with Crippen LogP contribution in [0, 0.1) is 18.7 Å². The third-order valence-corrected chi connectivity index (χ3v) is 6.42. The van der Waals surface area contributed by atoms with Crippen molar-refractivity contribution in [1.29, 1.82) is 0 Å². The van der Waals surface area contributed by atoms with E-state index in [1.807, 2.05) is 0 Å². The smallest absolute Gasteiger partial charge is 0.255 e. The number of carbonyl (C=O) groups is 1. The normalized spacial score (nSPS) is 19.7. The number of rotatable bonds is 5. The minimum absolute atomic E-state index is 0.0354. The van der Waals surface area contributed by atoms with Crippen molar-refractivity contribution in [1.82, 2.24) is 0 Å². The molecule has 0 radical (unpaired) electrons. The van der Waals surface area contributed by atoms with E-state index in [1.54, 1.807) is 6.92 Å². The Morgan fingerprint density at radius 1 is 1.23 bits per heavy atom. The zero-order chi connectivity index (χ0) is 18.9. The average molecular weight is 377 g/mol. The van der Waals surface area contributed by atoms with E-state index in [-0.39, 0.29) is 27.9 Å². The van der Waals surface area contributed by atoms with E-state index in [0.717, 1.165) is 0 Å². The molecule has 0 bridgehead atoms. The molecule has 3 rings (SSSR count). The lowest BCUT2D eigenvalue weighted by molar-refractivity contribution is 0.0526. The lowest BCUT2D eigenvalue weighted by Gasteiger charge is -2.30. The molecule has 0 aliphatic heterocycles. The van der Waals surface area contributed by atoms with Crippen molar-refractivity contribution in [2.45, 2.75) is 30.8 Å². The van der Waals surface area contributed by atoms with Crippen LogP contribution in [0.25, 0.3) is 0 Å². The highest BCUT2D eigenvalue weighted by molar-refractivity contribution is 7.91. The predicted octanol–water partition coefficient (Wildman–Crippen LogP) is 2.93. The van der Waals surface area contributed by atoms with E-state index in [2.05, 4.69) is 5.32 Å². The van der Waals surface area contributed by atoms with Crippen LogP contribution < -0.4 is 5.32 Å². The first-order chi connectivity index (χ1) is 12.2. The fraction of sp³-hybridized carbons (Fsp3) is 0.316. The van der Waals surface area contributed by atoms with Gasteiger partial charge in [0, 0.05) is 11.3 Å². The molecule has 2 aromatic rings. The van der Waals surface area contributed by atoms with Gasteiger partial charge in [0.05, 0.1) is 16.8 Å². The van der Waals surface area contributed by atoms with E-state index in [0.29, 0.717) is 24.1 Å². The number of hydrogen-bond donors (Lipinski definition) is 2. The summed E-state index contributed by atoms with van der Waals surface area (Å²) in [6.45, 7) is 1.59.